The van der Waals surface area contributed by atoms with Crippen molar-refractivity contribution in [3.63, 3.8) is 0 Å². The summed E-state index contributed by atoms with van der Waals surface area (Å²) in [5.41, 5.74) is 0.832. The van der Waals surface area contributed by atoms with Crippen molar-refractivity contribution in [2.75, 3.05) is 72.5 Å². The predicted octanol–water partition coefficient (Wildman–Crippen LogP) is 1.71. The largest absolute Gasteiger partial charge is 0.493 e. The number of ether oxygens (including phenoxy) is 3. The molecule has 1 aromatic rings. The van der Waals surface area contributed by atoms with E-state index in [2.05, 4.69) is 27.4 Å². The van der Waals surface area contributed by atoms with Crippen LogP contribution in [0, 0.1) is 0 Å². The Morgan fingerprint density at radius 3 is 2.18 bits per heavy atom. The van der Waals surface area contributed by atoms with Crippen LogP contribution >= 0.6 is 24.0 Å². The number of piperazine rings is 3. The molecule has 0 aromatic heterocycles. The molecule has 2 bridgehead atoms. The van der Waals surface area contributed by atoms with Gasteiger partial charge in [0.25, 0.3) is 0 Å². The second-order valence-corrected chi connectivity index (χ2v) is 6.75. The highest BCUT2D eigenvalue weighted by molar-refractivity contribution is 14.0. The first-order valence-electron chi connectivity index (χ1n) is 9.50. The van der Waals surface area contributed by atoms with Gasteiger partial charge in [0.15, 0.2) is 17.5 Å². The SMILES string of the molecule is CCNC(=NCC1CN2CCN1CC2)Nc1cc(OC)c(OC)c(OC)c1.I. The van der Waals surface area contributed by atoms with Gasteiger partial charge in [-0.1, -0.05) is 0 Å². The van der Waals surface area contributed by atoms with Gasteiger partial charge in [-0.05, 0) is 6.92 Å². The van der Waals surface area contributed by atoms with Crippen molar-refractivity contribution in [2.24, 2.45) is 4.99 Å². The van der Waals surface area contributed by atoms with Crippen LogP contribution in [0.4, 0.5) is 5.69 Å². The molecule has 9 heteroatoms. The number of rotatable bonds is 7. The van der Waals surface area contributed by atoms with Crippen molar-refractivity contribution < 1.29 is 14.2 Å². The van der Waals surface area contributed by atoms with Crippen LogP contribution in [0.3, 0.4) is 0 Å². The van der Waals surface area contributed by atoms with E-state index in [4.69, 9.17) is 19.2 Å². The molecule has 3 fully saturated rings. The summed E-state index contributed by atoms with van der Waals surface area (Å²) >= 11 is 0. The van der Waals surface area contributed by atoms with Crippen LogP contribution in [0.5, 0.6) is 17.2 Å². The van der Waals surface area contributed by atoms with Gasteiger partial charge in [-0.2, -0.15) is 0 Å². The first kappa shape index (κ1) is 22.8. The highest BCUT2D eigenvalue weighted by Gasteiger charge is 2.31. The Bertz CT molecular complexity index is 640. The molecule has 0 radical (unpaired) electrons. The Labute approximate surface area is 184 Å². The third-order valence-corrected chi connectivity index (χ3v) is 5.12. The smallest absolute Gasteiger partial charge is 0.203 e. The molecule has 3 aliphatic rings. The fraction of sp³-hybridized carbons (Fsp3) is 0.632. The second-order valence-electron chi connectivity index (χ2n) is 6.75. The Morgan fingerprint density at radius 2 is 1.71 bits per heavy atom. The number of benzene rings is 1. The minimum atomic E-state index is 0. The maximum atomic E-state index is 5.43. The highest BCUT2D eigenvalue weighted by Crippen LogP contribution is 2.39. The number of methoxy groups -OCH3 is 3. The average molecular weight is 505 g/mol. The molecule has 1 aromatic carbocycles. The fourth-order valence-corrected chi connectivity index (χ4v) is 3.69. The van der Waals surface area contributed by atoms with Gasteiger partial charge in [0.2, 0.25) is 5.75 Å². The third kappa shape index (κ3) is 5.32. The van der Waals surface area contributed by atoms with Gasteiger partial charge in [0.1, 0.15) is 0 Å². The zero-order chi connectivity index (χ0) is 19.2. The maximum absolute atomic E-state index is 5.43. The molecule has 0 spiro atoms. The zero-order valence-corrected chi connectivity index (χ0v) is 19.5. The minimum absolute atomic E-state index is 0. The Morgan fingerprint density at radius 1 is 1.07 bits per heavy atom. The summed E-state index contributed by atoms with van der Waals surface area (Å²) in [5.74, 6) is 2.55. The van der Waals surface area contributed by atoms with Crippen molar-refractivity contribution in [1.82, 2.24) is 15.1 Å². The van der Waals surface area contributed by atoms with E-state index >= 15 is 0 Å². The zero-order valence-electron chi connectivity index (χ0n) is 17.2. The predicted molar refractivity (Wildman–Crippen MR) is 123 cm³/mol. The number of nitrogens with zero attached hydrogens (tertiary/aromatic N) is 3. The molecule has 1 atom stereocenters. The molecule has 4 rings (SSSR count). The molecule has 1 unspecified atom stereocenters. The van der Waals surface area contributed by atoms with Gasteiger partial charge < -0.3 is 24.8 Å². The number of halogens is 1. The van der Waals surface area contributed by atoms with Gasteiger partial charge in [0.05, 0.1) is 27.9 Å². The van der Waals surface area contributed by atoms with Crippen LogP contribution < -0.4 is 24.8 Å². The van der Waals surface area contributed by atoms with Crippen LogP contribution in [0.2, 0.25) is 0 Å². The lowest BCUT2D eigenvalue weighted by molar-refractivity contribution is 0.0174. The number of fused-ring (bicyclic) bond motifs is 3. The molecule has 3 heterocycles. The van der Waals surface area contributed by atoms with Crippen molar-refractivity contribution in [2.45, 2.75) is 13.0 Å². The van der Waals surface area contributed by atoms with E-state index < -0.39 is 0 Å². The summed E-state index contributed by atoms with van der Waals surface area (Å²) in [6.07, 6.45) is 0. The first-order valence-corrected chi connectivity index (χ1v) is 9.50. The van der Waals surface area contributed by atoms with Gasteiger partial charge in [-0.3, -0.25) is 14.8 Å². The summed E-state index contributed by atoms with van der Waals surface area (Å²) in [4.78, 5) is 9.89. The molecule has 0 amide bonds. The van der Waals surface area contributed by atoms with Crippen molar-refractivity contribution >= 4 is 35.6 Å². The number of nitrogens with one attached hydrogen (secondary N) is 2. The summed E-state index contributed by atoms with van der Waals surface area (Å²) in [6, 6.07) is 4.25. The molecular weight excluding hydrogens is 473 g/mol. The van der Waals surface area contributed by atoms with E-state index in [1.54, 1.807) is 21.3 Å². The van der Waals surface area contributed by atoms with E-state index in [1.807, 2.05) is 12.1 Å². The Balaban J connectivity index is 0.00000280. The van der Waals surface area contributed by atoms with Crippen LogP contribution in [-0.4, -0.2) is 88.9 Å². The molecule has 3 saturated heterocycles. The van der Waals surface area contributed by atoms with E-state index in [0.717, 1.165) is 44.4 Å². The molecule has 2 N–H and O–H groups in total. The van der Waals surface area contributed by atoms with E-state index in [9.17, 15) is 0 Å². The van der Waals surface area contributed by atoms with Crippen LogP contribution in [0.25, 0.3) is 0 Å². The van der Waals surface area contributed by atoms with Crippen molar-refractivity contribution in [3.05, 3.63) is 12.1 Å². The number of hydrogen-bond donors (Lipinski definition) is 2. The molecule has 8 nitrogen and oxygen atoms in total. The van der Waals surface area contributed by atoms with E-state index in [0.29, 0.717) is 23.3 Å². The number of aliphatic imine (C=N–C) groups is 1. The molecular formula is C19H32IN5O3. The Kier molecular flexibility index (Phi) is 8.90. The normalized spacial score (nSPS) is 23.6. The van der Waals surface area contributed by atoms with Crippen LogP contribution in [0.15, 0.2) is 17.1 Å². The van der Waals surface area contributed by atoms with Crippen molar-refractivity contribution in [3.8, 4) is 17.2 Å². The first-order chi connectivity index (χ1) is 13.2. The summed E-state index contributed by atoms with van der Waals surface area (Å²) in [5, 5.41) is 6.67. The lowest BCUT2D eigenvalue weighted by Crippen LogP contribution is -2.61. The minimum Gasteiger partial charge on any atom is -0.493 e. The second kappa shape index (κ2) is 10.9. The Hall–Kier alpha value is -1.46. The van der Waals surface area contributed by atoms with Gasteiger partial charge in [-0.25, -0.2) is 0 Å². The standard InChI is InChI=1S/C19H31N5O3.HI/c1-5-20-19(21-12-15-13-23-6-8-24(15)9-7-23)22-14-10-16(25-2)18(27-4)17(11-14)26-3;/h10-11,15H,5-9,12-13H2,1-4H3,(H2,20,21,22);1H. The number of hydrogen-bond acceptors (Lipinski definition) is 6. The summed E-state index contributed by atoms with van der Waals surface area (Å²) in [7, 11) is 4.83. The van der Waals surface area contributed by atoms with E-state index in [-0.39, 0.29) is 24.0 Å². The van der Waals surface area contributed by atoms with Gasteiger partial charge in [0, 0.05) is 63.1 Å². The molecule has 3 aliphatic heterocycles. The lowest BCUT2D eigenvalue weighted by Gasteiger charge is -2.47. The fourth-order valence-electron chi connectivity index (χ4n) is 3.69. The third-order valence-electron chi connectivity index (χ3n) is 5.12. The van der Waals surface area contributed by atoms with Crippen LogP contribution in [0.1, 0.15) is 6.92 Å². The topological polar surface area (TPSA) is 70.6 Å². The lowest BCUT2D eigenvalue weighted by atomic mass is 10.1. The van der Waals surface area contributed by atoms with Gasteiger partial charge >= 0.3 is 0 Å². The average Bonchev–Trinajstić information content (AvgIpc) is 2.72. The van der Waals surface area contributed by atoms with Crippen LogP contribution in [-0.2, 0) is 0 Å². The quantitative estimate of drug-likeness (QED) is 0.332. The molecule has 0 saturated carbocycles. The molecule has 0 aliphatic carbocycles. The summed E-state index contributed by atoms with van der Waals surface area (Å²) in [6.45, 7) is 9.40. The number of guanidine groups is 1. The monoisotopic (exact) mass is 505 g/mol. The van der Waals surface area contributed by atoms with Crippen molar-refractivity contribution in [1.29, 1.82) is 0 Å². The summed E-state index contributed by atoms with van der Waals surface area (Å²) < 4.78 is 16.3. The molecule has 158 valence electrons. The van der Waals surface area contributed by atoms with E-state index in [1.165, 1.54) is 13.1 Å². The maximum Gasteiger partial charge on any atom is 0.203 e. The number of anilines is 1. The molecule has 28 heavy (non-hydrogen) atoms. The highest BCUT2D eigenvalue weighted by atomic mass is 127. The van der Waals surface area contributed by atoms with Gasteiger partial charge in [-0.15, -0.1) is 24.0 Å².